The first-order valence-corrected chi connectivity index (χ1v) is 13.3. The predicted molar refractivity (Wildman–Crippen MR) is 142 cm³/mol. The molecular weight excluding hydrogens is 531 g/mol. The quantitative estimate of drug-likeness (QED) is 0.322. The van der Waals surface area contributed by atoms with E-state index in [0.29, 0.717) is 18.4 Å². The summed E-state index contributed by atoms with van der Waals surface area (Å²) in [6.07, 6.45) is 0.141. The molecule has 0 radical (unpaired) electrons. The van der Waals surface area contributed by atoms with Gasteiger partial charge in [-0.05, 0) is 62.4 Å². The molecule has 0 spiro atoms. The van der Waals surface area contributed by atoms with Crippen LogP contribution in [0.2, 0.25) is 0 Å². The normalized spacial score (nSPS) is 15.2. The van der Waals surface area contributed by atoms with Gasteiger partial charge in [-0.15, -0.1) is 0 Å². The second kappa shape index (κ2) is 11.2. The Morgan fingerprint density at radius 1 is 1.14 bits per heavy atom. The summed E-state index contributed by atoms with van der Waals surface area (Å²) in [5.74, 6) is 0.0718. The number of anilines is 1. The van der Waals surface area contributed by atoms with Crippen molar-refractivity contribution in [2.75, 3.05) is 24.5 Å². The number of benzene rings is 2. The molecule has 8 heteroatoms. The van der Waals surface area contributed by atoms with Gasteiger partial charge in [-0.3, -0.25) is 4.79 Å². The van der Waals surface area contributed by atoms with Crippen molar-refractivity contribution < 1.29 is 18.0 Å². The first kappa shape index (κ1) is 26.5. The highest BCUT2D eigenvalue weighted by atomic mass is 79.9. The van der Waals surface area contributed by atoms with Gasteiger partial charge in [-0.1, -0.05) is 47.5 Å². The summed E-state index contributed by atoms with van der Waals surface area (Å²) in [5, 5.41) is 3.70. The maximum absolute atomic E-state index is 13.7. The highest BCUT2D eigenvalue weighted by molar-refractivity contribution is 9.10. The molecule has 1 aromatic heterocycles. The van der Waals surface area contributed by atoms with Crippen LogP contribution in [0.5, 0.6) is 0 Å². The molecule has 1 aliphatic heterocycles. The van der Waals surface area contributed by atoms with Crippen LogP contribution in [0.3, 0.4) is 0 Å². The molecule has 1 aliphatic rings. The van der Waals surface area contributed by atoms with Gasteiger partial charge in [0.1, 0.15) is 5.82 Å². The number of alkyl halides is 3. The zero-order valence-corrected chi connectivity index (χ0v) is 22.2. The lowest BCUT2D eigenvalue weighted by molar-refractivity contribution is -0.138. The molecule has 1 unspecified atom stereocenters. The molecule has 1 fully saturated rings. The van der Waals surface area contributed by atoms with E-state index in [1.165, 1.54) is 18.6 Å². The first-order chi connectivity index (χ1) is 17.2. The van der Waals surface area contributed by atoms with Crippen molar-refractivity contribution in [3.8, 4) is 0 Å². The van der Waals surface area contributed by atoms with Crippen LogP contribution in [-0.2, 0) is 6.18 Å². The van der Waals surface area contributed by atoms with E-state index in [4.69, 9.17) is 4.98 Å². The number of carbonyl (C=O) groups excluding carboxylic acids is 1. The average Bonchev–Trinajstić information content (AvgIpc) is 2.86. The first-order valence-electron chi connectivity index (χ1n) is 12.5. The Bertz CT molecular complexity index is 1240. The van der Waals surface area contributed by atoms with Crippen LogP contribution >= 0.6 is 15.9 Å². The number of fused-ring (bicyclic) bond motifs is 1. The average molecular weight is 562 g/mol. The van der Waals surface area contributed by atoms with Gasteiger partial charge in [0.05, 0.1) is 16.6 Å². The number of carbonyl (C=O) groups is 1. The minimum absolute atomic E-state index is 0.121. The third kappa shape index (κ3) is 5.69. The van der Waals surface area contributed by atoms with E-state index in [1.54, 1.807) is 6.07 Å². The maximum Gasteiger partial charge on any atom is 0.416 e. The lowest BCUT2D eigenvalue weighted by Gasteiger charge is -2.30. The maximum atomic E-state index is 13.7. The number of hydrogen-bond acceptors (Lipinski definition) is 3. The van der Waals surface area contributed by atoms with Gasteiger partial charge in [0.25, 0.3) is 5.91 Å². The number of piperidine rings is 1. The highest BCUT2D eigenvalue weighted by Crippen LogP contribution is 2.37. The van der Waals surface area contributed by atoms with E-state index >= 15 is 0 Å². The number of amides is 1. The fraction of sp³-hybridized carbons (Fsp3) is 0.429. The van der Waals surface area contributed by atoms with Gasteiger partial charge < -0.3 is 10.2 Å². The topological polar surface area (TPSA) is 45.2 Å². The molecule has 2 aromatic carbocycles. The van der Waals surface area contributed by atoms with Gasteiger partial charge >= 0.3 is 6.18 Å². The molecule has 192 valence electrons. The summed E-state index contributed by atoms with van der Waals surface area (Å²) in [6, 6.07) is 11.3. The van der Waals surface area contributed by atoms with E-state index in [2.05, 4.69) is 26.1 Å². The Morgan fingerprint density at radius 3 is 2.56 bits per heavy atom. The fourth-order valence-electron chi connectivity index (χ4n) is 5.16. The second-order valence-corrected chi connectivity index (χ2v) is 10.3. The number of rotatable bonds is 7. The smallest absolute Gasteiger partial charge is 0.356 e. The molecule has 0 bridgehead atoms. The van der Waals surface area contributed by atoms with Crippen molar-refractivity contribution in [1.82, 2.24) is 10.3 Å². The Morgan fingerprint density at radius 2 is 1.86 bits per heavy atom. The summed E-state index contributed by atoms with van der Waals surface area (Å²) in [6.45, 7) is 5.76. The number of nitrogens with one attached hydrogen (secondary N) is 1. The summed E-state index contributed by atoms with van der Waals surface area (Å²) < 4.78 is 41.9. The molecule has 2 heterocycles. The monoisotopic (exact) mass is 561 g/mol. The molecule has 0 aliphatic carbocycles. The summed E-state index contributed by atoms with van der Waals surface area (Å²) in [4.78, 5) is 20.8. The lowest BCUT2D eigenvalue weighted by Crippen LogP contribution is -2.33. The van der Waals surface area contributed by atoms with Crippen LogP contribution in [0.25, 0.3) is 10.9 Å². The van der Waals surface area contributed by atoms with Gasteiger partial charge in [0, 0.05) is 41.0 Å². The molecule has 1 N–H and O–H groups in total. The van der Waals surface area contributed by atoms with Crippen molar-refractivity contribution in [2.45, 2.75) is 58.0 Å². The highest BCUT2D eigenvalue weighted by Gasteiger charge is 2.35. The summed E-state index contributed by atoms with van der Waals surface area (Å²) in [5.41, 5.74) is 1.63. The molecular formula is C28H31BrF3N3O. The van der Waals surface area contributed by atoms with Crippen molar-refractivity contribution in [1.29, 1.82) is 0 Å². The zero-order chi connectivity index (χ0) is 25.9. The van der Waals surface area contributed by atoms with Gasteiger partial charge in [-0.25, -0.2) is 4.98 Å². The molecule has 1 atom stereocenters. The van der Waals surface area contributed by atoms with Crippen molar-refractivity contribution in [2.24, 2.45) is 0 Å². The third-order valence-electron chi connectivity index (χ3n) is 6.90. The number of hydrogen-bond donors (Lipinski definition) is 1. The van der Waals surface area contributed by atoms with Crippen molar-refractivity contribution in [3.05, 3.63) is 69.2 Å². The van der Waals surface area contributed by atoms with Crippen molar-refractivity contribution >= 4 is 38.6 Å². The van der Waals surface area contributed by atoms with Gasteiger partial charge in [0.2, 0.25) is 0 Å². The van der Waals surface area contributed by atoms with Gasteiger partial charge in [-0.2, -0.15) is 13.2 Å². The fourth-order valence-corrected chi connectivity index (χ4v) is 5.52. The number of aromatic nitrogens is 1. The molecule has 36 heavy (non-hydrogen) atoms. The van der Waals surface area contributed by atoms with Crippen molar-refractivity contribution in [3.63, 3.8) is 0 Å². The van der Waals surface area contributed by atoms with E-state index in [0.717, 1.165) is 58.8 Å². The molecule has 1 saturated heterocycles. The van der Waals surface area contributed by atoms with Crippen LogP contribution in [0, 0.1) is 6.92 Å². The number of pyridine rings is 1. The Hall–Kier alpha value is -2.61. The van der Waals surface area contributed by atoms with E-state index in [9.17, 15) is 18.0 Å². The van der Waals surface area contributed by atoms with Crippen LogP contribution in [-0.4, -0.2) is 30.5 Å². The van der Waals surface area contributed by atoms with E-state index in [-0.39, 0.29) is 18.0 Å². The Labute approximate surface area is 218 Å². The van der Waals surface area contributed by atoms with Gasteiger partial charge in [0.15, 0.2) is 0 Å². The summed E-state index contributed by atoms with van der Waals surface area (Å²) >= 11 is 3.50. The lowest BCUT2D eigenvalue weighted by atomic mass is 9.90. The SMILES string of the molecule is CCCC(CNC(=O)c1c(C)c(N2CCCCC2)nc2ccc(Br)cc12)c1ccccc1C(F)(F)F. The van der Waals surface area contributed by atoms with Crippen LogP contribution in [0.1, 0.15) is 72.0 Å². The molecule has 0 saturated carbocycles. The second-order valence-electron chi connectivity index (χ2n) is 9.43. The zero-order valence-electron chi connectivity index (χ0n) is 20.6. The molecule has 4 rings (SSSR count). The van der Waals surface area contributed by atoms with Crippen LogP contribution < -0.4 is 10.2 Å². The van der Waals surface area contributed by atoms with E-state index < -0.39 is 17.7 Å². The van der Waals surface area contributed by atoms with E-state index in [1.807, 2.05) is 32.0 Å². The molecule has 1 amide bonds. The summed E-state index contributed by atoms with van der Waals surface area (Å²) in [7, 11) is 0. The predicted octanol–water partition coefficient (Wildman–Crippen LogP) is 7.63. The Kier molecular flexibility index (Phi) is 8.23. The Balaban J connectivity index is 1.69. The third-order valence-corrected chi connectivity index (χ3v) is 7.39. The molecule has 3 aromatic rings. The number of halogens is 4. The largest absolute Gasteiger partial charge is 0.416 e. The standard InChI is InChI=1S/C28H31BrF3N3O/c1-3-9-19(21-10-5-6-11-23(21)28(30,31)32)17-33-27(36)25-18(2)26(35-14-7-4-8-15-35)34-24-13-12-20(29)16-22(24)25/h5-6,10-13,16,19H,3-4,7-9,14-15,17H2,1-2H3,(H,33,36). The molecule has 4 nitrogen and oxygen atoms in total. The van der Waals surface area contributed by atoms with Crippen LogP contribution in [0.4, 0.5) is 19.0 Å². The number of nitrogens with zero attached hydrogens (tertiary/aromatic N) is 2. The van der Waals surface area contributed by atoms with Crippen LogP contribution in [0.15, 0.2) is 46.9 Å². The minimum Gasteiger partial charge on any atom is -0.356 e. The minimum atomic E-state index is -4.44.